The first kappa shape index (κ1) is 12.3. The molecule has 2 rings (SSSR count). The monoisotopic (exact) mass is 257 g/mol. The molecule has 0 amide bonds. The minimum Gasteiger partial charge on any atom is -0.480 e. The number of carboxylic acid groups (broad SMARTS) is 1. The van der Waals surface area contributed by atoms with Gasteiger partial charge in [0.2, 0.25) is 0 Å². The highest BCUT2D eigenvalue weighted by molar-refractivity contribution is 6.30. The summed E-state index contributed by atoms with van der Waals surface area (Å²) in [4.78, 5) is 11.2. The normalized spacial score (nSPS) is 23.2. The number of carboxylic acids is 1. The molecule has 1 aromatic rings. The van der Waals surface area contributed by atoms with Crippen LogP contribution in [-0.4, -0.2) is 17.1 Å². The van der Waals surface area contributed by atoms with Crippen LogP contribution in [0.4, 0.5) is 4.39 Å². The van der Waals surface area contributed by atoms with Crippen molar-refractivity contribution >= 4 is 17.6 Å². The molecule has 0 spiro atoms. The lowest BCUT2D eigenvalue weighted by molar-refractivity contribution is -0.140. The second-order valence-corrected chi connectivity index (χ2v) is 4.58. The van der Waals surface area contributed by atoms with Gasteiger partial charge in [-0.05, 0) is 30.0 Å². The average Bonchev–Trinajstić information content (AvgIpc) is 2.32. The van der Waals surface area contributed by atoms with E-state index >= 15 is 0 Å². The summed E-state index contributed by atoms with van der Waals surface area (Å²) in [5.74, 6) is -1.48. The maximum atomic E-state index is 13.9. The summed E-state index contributed by atoms with van der Waals surface area (Å²) < 4.78 is 13.9. The molecule has 0 saturated heterocycles. The fourth-order valence-corrected chi connectivity index (χ4v) is 2.36. The molecule has 0 saturated carbocycles. The minimum absolute atomic E-state index is 0.0310. The molecule has 92 valence electrons. The molecule has 0 fully saturated rings. The van der Waals surface area contributed by atoms with E-state index in [1.807, 2.05) is 6.92 Å². The number of rotatable bonds is 2. The number of nitrogens with one attached hydrogen (secondary N) is 1. The van der Waals surface area contributed by atoms with Crippen LogP contribution in [0.15, 0.2) is 12.1 Å². The molecule has 1 aliphatic rings. The molecule has 0 bridgehead atoms. The molecule has 0 aromatic heterocycles. The Morgan fingerprint density at radius 1 is 1.65 bits per heavy atom. The molecule has 2 atom stereocenters. The Hall–Kier alpha value is -1.13. The van der Waals surface area contributed by atoms with Crippen molar-refractivity contribution in [3.05, 3.63) is 34.1 Å². The minimum atomic E-state index is -0.994. The van der Waals surface area contributed by atoms with Gasteiger partial charge in [0.25, 0.3) is 0 Å². The van der Waals surface area contributed by atoms with Crippen LogP contribution in [-0.2, 0) is 11.2 Å². The molecule has 17 heavy (non-hydrogen) atoms. The first-order valence-electron chi connectivity index (χ1n) is 5.50. The van der Waals surface area contributed by atoms with Crippen molar-refractivity contribution < 1.29 is 14.3 Å². The smallest absolute Gasteiger partial charge is 0.325 e. The Labute approximate surface area is 104 Å². The van der Waals surface area contributed by atoms with Crippen molar-refractivity contribution in [2.24, 2.45) is 0 Å². The number of carbonyl (C=O) groups is 1. The third kappa shape index (κ3) is 2.15. The van der Waals surface area contributed by atoms with E-state index in [0.717, 1.165) is 6.42 Å². The summed E-state index contributed by atoms with van der Waals surface area (Å²) in [6.07, 6.45) is 1.22. The largest absolute Gasteiger partial charge is 0.480 e. The lowest BCUT2D eigenvalue weighted by Gasteiger charge is -2.30. The van der Waals surface area contributed by atoms with Gasteiger partial charge in [0.1, 0.15) is 11.9 Å². The van der Waals surface area contributed by atoms with E-state index in [2.05, 4.69) is 5.32 Å². The van der Waals surface area contributed by atoms with Gasteiger partial charge in [-0.15, -0.1) is 0 Å². The summed E-state index contributed by atoms with van der Waals surface area (Å²) in [6, 6.07) is 2.10. The second kappa shape index (κ2) is 4.63. The van der Waals surface area contributed by atoms with E-state index in [9.17, 15) is 9.18 Å². The van der Waals surface area contributed by atoms with E-state index in [-0.39, 0.29) is 11.1 Å². The summed E-state index contributed by atoms with van der Waals surface area (Å²) >= 11 is 5.72. The van der Waals surface area contributed by atoms with Crippen LogP contribution < -0.4 is 5.32 Å². The van der Waals surface area contributed by atoms with Crippen LogP contribution in [0, 0.1) is 5.82 Å². The van der Waals surface area contributed by atoms with Crippen LogP contribution in [0.3, 0.4) is 0 Å². The van der Waals surface area contributed by atoms with Gasteiger partial charge < -0.3 is 5.11 Å². The molecule has 0 radical (unpaired) electrons. The van der Waals surface area contributed by atoms with Crippen molar-refractivity contribution in [3.8, 4) is 0 Å². The number of hydrogen-bond acceptors (Lipinski definition) is 2. The van der Waals surface area contributed by atoms with Crippen LogP contribution in [0.1, 0.15) is 30.5 Å². The molecule has 3 nitrogen and oxygen atoms in total. The zero-order valence-electron chi connectivity index (χ0n) is 9.34. The molecule has 0 aliphatic carbocycles. The Bertz CT molecular complexity index is 464. The highest BCUT2D eigenvalue weighted by atomic mass is 35.5. The molecule has 2 N–H and O–H groups in total. The van der Waals surface area contributed by atoms with Crippen LogP contribution in [0.2, 0.25) is 5.02 Å². The Morgan fingerprint density at radius 2 is 2.35 bits per heavy atom. The van der Waals surface area contributed by atoms with Gasteiger partial charge in [-0.1, -0.05) is 24.6 Å². The summed E-state index contributed by atoms with van der Waals surface area (Å²) in [5.41, 5.74) is 0.902. The zero-order valence-corrected chi connectivity index (χ0v) is 10.1. The first-order chi connectivity index (χ1) is 8.04. The number of halogens is 2. The van der Waals surface area contributed by atoms with Crippen molar-refractivity contribution in [3.63, 3.8) is 0 Å². The number of aliphatic carboxylic acids is 1. The highest BCUT2D eigenvalue weighted by Gasteiger charge is 2.32. The fourth-order valence-electron chi connectivity index (χ4n) is 2.18. The third-order valence-corrected chi connectivity index (χ3v) is 3.43. The van der Waals surface area contributed by atoms with E-state index in [1.54, 1.807) is 6.07 Å². The number of benzene rings is 1. The average molecular weight is 258 g/mol. The van der Waals surface area contributed by atoms with Crippen molar-refractivity contribution in [1.29, 1.82) is 0 Å². The fraction of sp³-hybridized carbons (Fsp3) is 0.417. The lowest BCUT2D eigenvalue weighted by atomic mass is 9.89. The highest BCUT2D eigenvalue weighted by Crippen LogP contribution is 2.31. The van der Waals surface area contributed by atoms with Crippen molar-refractivity contribution in [2.75, 3.05) is 0 Å². The molecule has 5 heteroatoms. The van der Waals surface area contributed by atoms with Gasteiger partial charge in [-0.3, -0.25) is 10.1 Å². The lowest BCUT2D eigenvalue weighted by Crippen LogP contribution is -2.42. The Morgan fingerprint density at radius 3 is 2.94 bits per heavy atom. The van der Waals surface area contributed by atoms with Crippen molar-refractivity contribution in [2.45, 2.75) is 31.8 Å². The van der Waals surface area contributed by atoms with Crippen molar-refractivity contribution in [1.82, 2.24) is 5.32 Å². The quantitative estimate of drug-likeness (QED) is 0.856. The third-order valence-electron chi connectivity index (χ3n) is 3.14. The van der Waals surface area contributed by atoms with E-state index in [4.69, 9.17) is 16.7 Å². The first-order valence-corrected chi connectivity index (χ1v) is 5.88. The summed E-state index contributed by atoms with van der Waals surface area (Å²) in [5, 5.41) is 12.2. The molecule has 1 aliphatic heterocycles. The second-order valence-electron chi connectivity index (χ2n) is 4.18. The van der Waals surface area contributed by atoms with Gasteiger partial charge in [-0.2, -0.15) is 0 Å². The van der Waals surface area contributed by atoms with Crippen LogP contribution in [0.25, 0.3) is 0 Å². The SMILES string of the molecule is CCC1Cc2c(ccc(Cl)c2F)C(C(=O)O)N1. The van der Waals surface area contributed by atoms with Crippen LogP contribution >= 0.6 is 11.6 Å². The Kier molecular flexibility index (Phi) is 3.35. The predicted octanol–water partition coefficient (Wildman–Crippen LogP) is 2.53. The number of hydrogen-bond donors (Lipinski definition) is 2. The topological polar surface area (TPSA) is 49.3 Å². The van der Waals surface area contributed by atoms with Gasteiger partial charge in [0.05, 0.1) is 5.02 Å². The van der Waals surface area contributed by atoms with E-state index in [0.29, 0.717) is 17.5 Å². The van der Waals surface area contributed by atoms with E-state index < -0.39 is 17.8 Å². The zero-order chi connectivity index (χ0) is 12.6. The summed E-state index contributed by atoms with van der Waals surface area (Å²) in [6.45, 7) is 1.93. The van der Waals surface area contributed by atoms with Gasteiger partial charge >= 0.3 is 5.97 Å². The molecular weight excluding hydrogens is 245 g/mol. The maximum Gasteiger partial charge on any atom is 0.325 e. The standard InChI is InChI=1S/C12H13ClFNO2/c1-2-6-5-8-7(11(15-6)12(16)17)3-4-9(13)10(8)14/h3-4,6,11,15H,2,5H2,1H3,(H,16,17). The molecule has 1 heterocycles. The van der Waals surface area contributed by atoms with Gasteiger partial charge in [0, 0.05) is 6.04 Å². The summed E-state index contributed by atoms with van der Waals surface area (Å²) in [7, 11) is 0. The molecule has 2 unspecified atom stereocenters. The number of fused-ring (bicyclic) bond motifs is 1. The van der Waals surface area contributed by atoms with Crippen LogP contribution in [0.5, 0.6) is 0 Å². The molecular formula is C12H13ClFNO2. The van der Waals surface area contributed by atoms with Gasteiger partial charge in [-0.25, -0.2) is 4.39 Å². The Balaban J connectivity index is 2.52. The van der Waals surface area contributed by atoms with E-state index in [1.165, 1.54) is 6.07 Å². The predicted molar refractivity (Wildman–Crippen MR) is 62.7 cm³/mol. The maximum absolute atomic E-state index is 13.9. The van der Waals surface area contributed by atoms with Gasteiger partial charge in [0.15, 0.2) is 0 Å². The molecule has 1 aromatic carbocycles.